The first kappa shape index (κ1) is 23.2. The molecule has 0 saturated carbocycles. The second-order valence-corrected chi connectivity index (χ2v) is 8.29. The SMILES string of the molecule is Cc1cc(N2CCCC2)ccc1NC(=O)CO/N=C(\N)c1ccc(OCc2ccccc2)cc1. The number of nitrogens with two attached hydrogens (primary N) is 1. The Morgan fingerprint density at radius 2 is 1.76 bits per heavy atom. The number of carbonyl (C=O) groups is 1. The van der Waals surface area contributed by atoms with Crippen LogP contribution in [0.15, 0.2) is 78.0 Å². The summed E-state index contributed by atoms with van der Waals surface area (Å²) < 4.78 is 5.77. The summed E-state index contributed by atoms with van der Waals surface area (Å²) in [4.78, 5) is 19.8. The van der Waals surface area contributed by atoms with E-state index in [9.17, 15) is 4.79 Å². The fraction of sp³-hybridized carbons (Fsp3) is 0.259. The number of carbonyl (C=O) groups excluding carboxylic acids is 1. The lowest BCUT2D eigenvalue weighted by Crippen LogP contribution is -2.20. The van der Waals surface area contributed by atoms with Gasteiger partial charge in [0.2, 0.25) is 0 Å². The Balaban J connectivity index is 1.24. The predicted molar refractivity (Wildman–Crippen MR) is 135 cm³/mol. The van der Waals surface area contributed by atoms with Crippen LogP contribution in [-0.2, 0) is 16.2 Å². The molecular weight excluding hydrogens is 428 g/mol. The molecule has 0 bridgehead atoms. The molecule has 34 heavy (non-hydrogen) atoms. The second-order valence-electron chi connectivity index (χ2n) is 8.29. The van der Waals surface area contributed by atoms with E-state index in [1.165, 1.54) is 18.5 Å². The largest absolute Gasteiger partial charge is 0.489 e. The molecule has 1 aliphatic heterocycles. The molecular formula is C27H30N4O3. The number of nitrogens with one attached hydrogen (secondary N) is 1. The Kier molecular flexibility index (Phi) is 7.65. The summed E-state index contributed by atoms with van der Waals surface area (Å²) in [6.45, 7) is 4.41. The monoisotopic (exact) mass is 458 g/mol. The third-order valence-corrected chi connectivity index (χ3v) is 5.71. The Bertz CT molecular complexity index is 1120. The summed E-state index contributed by atoms with van der Waals surface area (Å²) in [5.74, 6) is 0.624. The first-order chi connectivity index (χ1) is 16.6. The summed E-state index contributed by atoms with van der Waals surface area (Å²) in [6, 6.07) is 23.3. The maximum Gasteiger partial charge on any atom is 0.265 e. The van der Waals surface area contributed by atoms with E-state index in [2.05, 4.69) is 21.4 Å². The van der Waals surface area contributed by atoms with Crippen LogP contribution in [0, 0.1) is 6.92 Å². The van der Waals surface area contributed by atoms with Gasteiger partial charge in [-0.1, -0.05) is 35.5 Å². The van der Waals surface area contributed by atoms with E-state index >= 15 is 0 Å². The first-order valence-corrected chi connectivity index (χ1v) is 11.5. The Labute approximate surface area is 200 Å². The van der Waals surface area contributed by atoms with Gasteiger partial charge in [0.15, 0.2) is 12.4 Å². The molecule has 1 aliphatic rings. The van der Waals surface area contributed by atoms with Crippen molar-refractivity contribution in [1.29, 1.82) is 0 Å². The van der Waals surface area contributed by atoms with Gasteiger partial charge in [0.25, 0.3) is 5.91 Å². The third-order valence-electron chi connectivity index (χ3n) is 5.71. The number of amides is 1. The number of ether oxygens (including phenoxy) is 1. The van der Waals surface area contributed by atoms with Crippen molar-refractivity contribution in [1.82, 2.24) is 0 Å². The zero-order valence-electron chi connectivity index (χ0n) is 19.4. The van der Waals surface area contributed by atoms with Crippen LogP contribution in [0.1, 0.15) is 29.5 Å². The highest BCUT2D eigenvalue weighted by Crippen LogP contribution is 2.25. The fourth-order valence-electron chi connectivity index (χ4n) is 3.82. The number of hydrogen-bond acceptors (Lipinski definition) is 5. The van der Waals surface area contributed by atoms with Crippen molar-refractivity contribution < 1.29 is 14.4 Å². The van der Waals surface area contributed by atoms with Crippen LogP contribution < -0.4 is 20.7 Å². The topological polar surface area (TPSA) is 89.2 Å². The number of hydrogen-bond donors (Lipinski definition) is 2. The van der Waals surface area contributed by atoms with Gasteiger partial charge in [-0.2, -0.15) is 0 Å². The minimum atomic E-state index is -0.293. The lowest BCUT2D eigenvalue weighted by Gasteiger charge is -2.19. The van der Waals surface area contributed by atoms with E-state index < -0.39 is 0 Å². The molecule has 1 amide bonds. The molecule has 3 aromatic rings. The van der Waals surface area contributed by atoms with Crippen molar-refractivity contribution in [3.05, 3.63) is 89.5 Å². The van der Waals surface area contributed by atoms with Crippen LogP contribution in [-0.4, -0.2) is 31.4 Å². The number of rotatable bonds is 9. The van der Waals surface area contributed by atoms with Crippen molar-refractivity contribution >= 4 is 23.1 Å². The summed E-state index contributed by atoms with van der Waals surface area (Å²) in [6.07, 6.45) is 2.45. The van der Waals surface area contributed by atoms with Crippen LogP contribution in [0.4, 0.5) is 11.4 Å². The molecule has 0 atom stereocenters. The van der Waals surface area contributed by atoms with E-state index in [1.807, 2.05) is 61.5 Å². The predicted octanol–water partition coefficient (Wildman–Crippen LogP) is 4.45. The van der Waals surface area contributed by atoms with Gasteiger partial charge in [-0.25, -0.2) is 0 Å². The van der Waals surface area contributed by atoms with Crippen LogP contribution in [0.3, 0.4) is 0 Å². The Morgan fingerprint density at radius 1 is 1.03 bits per heavy atom. The molecule has 1 fully saturated rings. The van der Waals surface area contributed by atoms with Crippen LogP contribution in [0.25, 0.3) is 0 Å². The maximum absolute atomic E-state index is 12.3. The van der Waals surface area contributed by atoms with Crippen molar-refractivity contribution in [2.45, 2.75) is 26.4 Å². The molecule has 1 heterocycles. The number of anilines is 2. The van der Waals surface area contributed by atoms with Gasteiger partial charge in [0, 0.05) is 30.0 Å². The van der Waals surface area contributed by atoms with E-state index in [4.69, 9.17) is 15.3 Å². The number of amidine groups is 1. The maximum atomic E-state index is 12.3. The molecule has 176 valence electrons. The van der Waals surface area contributed by atoms with Crippen LogP contribution in [0.5, 0.6) is 5.75 Å². The van der Waals surface area contributed by atoms with E-state index in [0.717, 1.165) is 35.7 Å². The average molecular weight is 459 g/mol. The van der Waals surface area contributed by atoms with Crippen molar-refractivity contribution in [3.8, 4) is 5.75 Å². The highest BCUT2D eigenvalue weighted by atomic mass is 16.6. The first-order valence-electron chi connectivity index (χ1n) is 11.5. The minimum absolute atomic E-state index is 0.188. The summed E-state index contributed by atoms with van der Waals surface area (Å²) in [5, 5.41) is 6.74. The molecule has 3 aromatic carbocycles. The van der Waals surface area contributed by atoms with Gasteiger partial charge in [0.05, 0.1) is 0 Å². The molecule has 0 aromatic heterocycles. The lowest BCUT2D eigenvalue weighted by molar-refractivity contribution is -0.120. The number of benzene rings is 3. The van der Waals surface area contributed by atoms with E-state index in [-0.39, 0.29) is 18.3 Å². The molecule has 0 aliphatic carbocycles. The van der Waals surface area contributed by atoms with Gasteiger partial charge >= 0.3 is 0 Å². The Hall–Kier alpha value is -4.00. The molecule has 0 unspecified atom stereocenters. The zero-order chi connectivity index (χ0) is 23.8. The molecule has 7 heteroatoms. The standard InChI is InChI=1S/C27H30N4O3/c1-20-17-23(31-15-5-6-16-31)11-14-25(20)29-26(32)19-34-30-27(28)22-9-12-24(13-10-22)33-18-21-7-3-2-4-8-21/h2-4,7-14,17H,5-6,15-16,18-19H2,1H3,(H2,28,30)(H,29,32). The molecule has 1 saturated heterocycles. The second kappa shape index (κ2) is 11.2. The lowest BCUT2D eigenvalue weighted by atomic mass is 10.1. The summed E-state index contributed by atoms with van der Waals surface area (Å²) in [5.41, 5.74) is 10.7. The van der Waals surface area contributed by atoms with Gasteiger partial charge in [-0.05, 0) is 73.4 Å². The van der Waals surface area contributed by atoms with Gasteiger partial charge < -0.3 is 25.5 Å². The molecule has 3 N–H and O–H groups in total. The van der Waals surface area contributed by atoms with Gasteiger partial charge in [-0.3, -0.25) is 4.79 Å². The van der Waals surface area contributed by atoms with Crippen molar-refractivity contribution in [3.63, 3.8) is 0 Å². The highest BCUT2D eigenvalue weighted by molar-refractivity contribution is 5.97. The molecule has 4 rings (SSSR count). The molecule has 0 radical (unpaired) electrons. The minimum Gasteiger partial charge on any atom is -0.489 e. The third kappa shape index (κ3) is 6.28. The quantitative estimate of drug-likeness (QED) is 0.281. The van der Waals surface area contributed by atoms with Crippen molar-refractivity contribution in [2.24, 2.45) is 10.9 Å². The number of nitrogens with zero attached hydrogens (tertiary/aromatic N) is 2. The Morgan fingerprint density at radius 3 is 2.47 bits per heavy atom. The molecule has 7 nitrogen and oxygen atoms in total. The number of oxime groups is 1. The number of aryl methyl sites for hydroxylation is 1. The highest BCUT2D eigenvalue weighted by Gasteiger charge is 2.14. The fourth-order valence-corrected chi connectivity index (χ4v) is 3.82. The van der Waals surface area contributed by atoms with Crippen molar-refractivity contribution in [2.75, 3.05) is 29.9 Å². The average Bonchev–Trinajstić information content (AvgIpc) is 3.40. The smallest absolute Gasteiger partial charge is 0.265 e. The van der Waals surface area contributed by atoms with Crippen LogP contribution >= 0.6 is 0 Å². The van der Waals surface area contributed by atoms with Gasteiger partial charge in [0.1, 0.15) is 12.4 Å². The van der Waals surface area contributed by atoms with E-state index in [1.54, 1.807) is 12.1 Å². The van der Waals surface area contributed by atoms with Gasteiger partial charge in [-0.15, -0.1) is 0 Å². The van der Waals surface area contributed by atoms with E-state index in [0.29, 0.717) is 12.2 Å². The summed E-state index contributed by atoms with van der Waals surface area (Å²) >= 11 is 0. The molecule has 0 spiro atoms. The van der Waals surface area contributed by atoms with Crippen LogP contribution in [0.2, 0.25) is 0 Å². The zero-order valence-corrected chi connectivity index (χ0v) is 19.4. The summed E-state index contributed by atoms with van der Waals surface area (Å²) in [7, 11) is 0. The normalized spacial score (nSPS) is 13.6.